The van der Waals surface area contributed by atoms with Crippen LogP contribution in [0, 0.1) is 0 Å². The number of anilines is 1. The van der Waals surface area contributed by atoms with E-state index in [0.29, 0.717) is 24.0 Å². The summed E-state index contributed by atoms with van der Waals surface area (Å²) < 4.78 is 0. The van der Waals surface area contributed by atoms with Gasteiger partial charge < -0.3 is 4.90 Å². The Morgan fingerprint density at radius 2 is 1.80 bits per heavy atom. The minimum Gasteiger partial charge on any atom is -0.305 e. The number of Topliss-reactive ketones (excluding diaryl/α,β-unsaturated/α-hetero) is 1. The summed E-state index contributed by atoms with van der Waals surface area (Å²) in [5.41, 5.74) is 2.21. The number of hydrogen-bond acceptors (Lipinski definition) is 4. The van der Waals surface area contributed by atoms with E-state index in [2.05, 4.69) is 10.2 Å². The maximum Gasteiger partial charge on any atom is 0.294 e. The van der Waals surface area contributed by atoms with Gasteiger partial charge in [0.1, 0.15) is 0 Å². The van der Waals surface area contributed by atoms with Gasteiger partial charge in [-0.25, -0.2) is 5.10 Å². The first-order valence-electron chi connectivity index (χ1n) is 8.03. The summed E-state index contributed by atoms with van der Waals surface area (Å²) in [6, 6.07) is 14.8. The predicted octanol–water partition coefficient (Wildman–Crippen LogP) is 1.82. The highest BCUT2D eigenvalue weighted by Crippen LogP contribution is 2.23. The van der Waals surface area contributed by atoms with Gasteiger partial charge in [-0.05, 0) is 23.8 Å². The van der Waals surface area contributed by atoms with Gasteiger partial charge >= 0.3 is 0 Å². The van der Waals surface area contributed by atoms with Crippen LogP contribution in [0.3, 0.4) is 0 Å². The number of aromatic nitrogens is 2. The van der Waals surface area contributed by atoms with Gasteiger partial charge in [-0.2, -0.15) is 5.10 Å². The van der Waals surface area contributed by atoms with E-state index in [9.17, 15) is 14.4 Å². The Morgan fingerprint density at radius 3 is 2.56 bits per heavy atom. The summed E-state index contributed by atoms with van der Waals surface area (Å²) in [7, 11) is 0. The first kappa shape index (κ1) is 15.3. The van der Waals surface area contributed by atoms with E-state index in [1.165, 1.54) is 4.90 Å². The molecule has 1 aromatic heterocycles. The molecule has 0 radical (unpaired) electrons. The fourth-order valence-corrected chi connectivity index (χ4v) is 3.15. The molecular weight excluding hydrogens is 318 g/mol. The number of benzene rings is 2. The Labute approximate surface area is 143 Å². The second-order valence-corrected chi connectivity index (χ2v) is 6.02. The topological polar surface area (TPSA) is 83.1 Å². The number of amides is 1. The van der Waals surface area contributed by atoms with Crippen molar-refractivity contribution < 1.29 is 9.59 Å². The number of carbonyl (C=O) groups excluding carboxylic acids is 2. The first-order valence-corrected chi connectivity index (χ1v) is 8.03. The quantitative estimate of drug-likeness (QED) is 0.741. The number of aromatic amines is 1. The Bertz CT molecular complexity index is 1050. The van der Waals surface area contributed by atoms with Gasteiger partial charge in [0, 0.05) is 30.5 Å². The highest BCUT2D eigenvalue weighted by Gasteiger charge is 2.30. The number of rotatable bonds is 3. The van der Waals surface area contributed by atoms with E-state index in [1.807, 2.05) is 42.5 Å². The van der Waals surface area contributed by atoms with E-state index in [1.54, 1.807) is 6.07 Å². The van der Waals surface area contributed by atoms with Crippen LogP contribution in [-0.4, -0.2) is 28.4 Å². The predicted molar refractivity (Wildman–Crippen MR) is 93.6 cm³/mol. The van der Waals surface area contributed by atoms with Crippen molar-refractivity contribution in [3.63, 3.8) is 0 Å². The van der Waals surface area contributed by atoms with Crippen LogP contribution in [0.25, 0.3) is 10.8 Å². The second kappa shape index (κ2) is 5.98. The molecule has 1 amide bonds. The van der Waals surface area contributed by atoms with Crippen molar-refractivity contribution in [3.8, 4) is 0 Å². The molecule has 1 aliphatic rings. The first-order chi connectivity index (χ1) is 12.1. The van der Waals surface area contributed by atoms with Crippen LogP contribution in [-0.2, 0) is 16.0 Å². The van der Waals surface area contributed by atoms with Crippen LogP contribution in [0.15, 0.2) is 53.3 Å². The number of fused-ring (bicyclic) bond motifs is 1. The molecule has 6 nitrogen and oxygen atoms in total. The van der Waals surface area contributed by atoms with Crippen LogP contribution in [0.4, 0.5) is 5.69 Å². The Balaban J connectivity index is 1.70. The molecule has 0 saturated carbocycles. The molecular formula is C19H15N3O3. The lowest BCUT2D eigenvalue weighted by atomic mass is 10.0. The Kier molecular flexibility index (Phi) is 3.65. The molecule has 4 rings (SSSR count). The van der Waals surface area contributed by atoms with E-state index >= 15 is 0 Å². The minimum absolute atomic E-state index is 0.214. The fraction of sp³-hybridized carbons (Fsp3) is 0.158. The van der Waals surface area contributed by atoms with Crippen molar-refractivity contribution in [2.75, 3.05) is 11.4 Å². The molecule has 0 aliphatic carbocycles. The molecule has 1 aliphatic heterocycles. The van der Waals surface area contributed by atoms with Crippen molar-refractivity contribution >= 4 is 28.2 Å². The molecule has 0 spiro atoms. The summed E-state index contributed by atoms with van der Waals surface area (Å²) >= 11 is 0. The fourth-order valence-electron chi connectivity index (χ4n) is 3.15. The number of H-pyrrole nitrogens is 1. The van der Waals surface area contributed by atoms with Crippen molar-refractivity contribution in [1.29, 1.82) is 0 Å². The second-order valence-electron chi connectivity index (χ2n) is 6.02. The lowest BCUT2D eigenvalue weighted by molar-refractivity contribution is -0.133. The third kappa shape index (κ3) is 2.71. The van der Waals surface area contributed by atoms with Gasteiger partial charge in [-0.15, -0.1) is 0 Å². The third-order valence-electron chi connectivity index (χ3n) is 4.41. The van der Waals surface area contributed by atoms with Crippen molar-refractivity contribution in [3.05, 3.63) is 70.1 Å². The van der Waals surface area contributed by atoms with E-state index in [-0.39, 0.29) is 17.8 Å². The molecule has 1 fully saturated rings. The normalized spacial score (nSPS) is 14.5. The highest BCUT2D eigenvalue weighted by atomic mass is 16.2. The maximum absolute atomic E-state index is 11.9. The molecule has 0 bridgehead atoms. The van der Waals surface area contributed by atoms with Gasteiger partial charge in [-0.3, -0.25) is 14.4 Å². The molecule has 1 saturated heterocycles. The van der Waals surface area contributed by atoms with Crippen LogP contribution in [0.5, 0.6) is 0 Å². The van der Waals surface area contributed by atoms with Gasteiger partial charge in [0.15, 0.2) is 0 Å². The molecule has 1 N–H and O–H groups in total. The maximum atomic E-state index is 11.9. The van der Waals surface area contributed by atoms with E-state index in [4.69, 9.17) is 0 Å². The number of hydrogen-bond donors (Lipinski definition) is 1. The largest absolute Gasteiger partial charge is 0.305 e. The van der Waals surface area contributed by atoms with Crippen molar-refractivity contribution in [2.24, 2.45) is 0 Å². The molecule has 25 heavy (non-hydrogen) atoms. The standard InChI is InChI=1S/C19H15N3O3/c23-17-8-9-22(19(17)25)13-5-3-4-12(10-13)11-16-14-6-1-2-7-15(14)18(24)21-20-16/h1-7,10H,8-9,11H2,(H,21,24). The van der Waals surface area contributed by atoms with Crippen LogP contribution >= 0.6 is 0 Å². The SMILES string of the molecule is O=C1CCN(c2cccc(Cc3n[nH]c(=O)c4ccccc34)c2)C1=O. The summed E-state index contributed by atoms with van der Waals surface area (Å²) in [4.78, 5) is 36.8. The zero-order valence-electron chi connectivity index (χ0n) is 13.4. The van der Waals surface area contributed by atoms with Crippen molar-refractivity contribution in [1.82, 2.24) is 10.2 Å². The highest BCUT2D eigenvalue weighted by molar-refractivity contribution is 6.43. The van der Waals surface area contributed by atoms with Crippen LogP contribution in [0.2, 0.25) is 0 Å². The van der Waals surface area contributed by atoms with E-state index < -0.39 is 5.91 Å². The summed E-state index contributed by atoms with van der Waals surface area (Å²) in [6.45, 7) is 0.418. The average Bonchev–Trinajstić information content (AvgIpc) is 2.97. The summed E-state index contributed by atoms with van der Waals surface area (Å²) in [6.07, 6.45) is 0.774. The van der Waals surface area contributed by atoms with Crippen LogP contribution < -0.4 is 10.5 Å². The third-order valence-corrected chi connectivity index (χ3v) is 4.41. The van der Waals surface area contributed by atoms with E-state index in [0.717, 1.165) is 16.6 Å². The summed E-state index contributed by atoms with van der Waals surface area (Å²) in [5, 5.41) is 8.12. The zero-order valence-corrected chi connectivity index (χ0v) is 13.4. The number of nitrogens with zero attached hydrogens (tertiary/aromatic N) is 2. The molecule has 6 heteroatoms. The number of nitrogens with one attached hydrogen (secondary N) is 1. The molecule has 2 heterocycles. The lowest BCUT2D eigenvalue weighted by Crippen LogP contribution is -2.26. The molecule has 3 aromatic rings. The van der Waals surface area contributed by atoms with Crippen LogP contribution in [0.1, 0.15) is 17.7 Å². The lowest BCUT2D eigenvalue weighted by Gasteiger charge is -2.15. The zero-order chi connectivity index (χ0) is 17.4. The molecule has 0 unspecified atom stereocenters. The van der Waals surface area contributed by atoms with Gasteiger partial charge in [0.25, 0.3) is 11.5 Å². The summed E-state index contributed by atoms with van der Waals surface area (Å²) in [5.74, 6) is -0.802. The number of ketones is 1. The molecule has 124 valence electrons. The van der Waals surface area contributed by atoms with Crippen molar-refractivity contribution in [2.45, 2.75) is 12.8 Å². The number of carbonyl (C=O) groups is 2. The minimum atomic E-state index is -0.454. The monoisotopic (exact) mass is 333 g/mol. The van der Waals surface area contributed by atoms with Gasteiger partial charge in [0.05, 0.1) is 11.1 Å². The average molecular weight is 333 g/mol. The van der Waals surface area contributed by atoms with Gasteiger partial charge in [0.2, 0.25) is 5.78 Å². The Hall–Kier alpha value is -3.28. The Morgan fingerprint density at radius 1 is 1.00 bits per heavy atom. The van der Waals surface area contributed by atoms with Gasteiger partial charge in [-0.1, -0.05) is 30.3 Å². The molecule has 0 atom stereocenters. The smallest absolute Gasteiger partial charge is 0.294 e. The molecule has 2 aromatic carbocycles.